The highest BCUT2D eigenvalue weighted by molar-refractivity contribution is 6.02. The van der Waals surface area contributed by atoms with Gasteiger partial charge in [-0.2, -0.15) is 5.10 Å². The summed E-state index contributed by atoms with van der Waals surface area (Å²) in [6.45, 7) is 5.02. The van der Waals surface area contributed by atoms with E-state index in [1.54, 1.807) is 29.7 Å². The number of hydrogen-bond acceptors (Lipinski definition) is 4. The van der Waals surface area contributed by atoms with Crippen LogP contribution in [0.2, 0.25) is 0 Å². The van der Waals surface area contributed by atoms with Gasteiger partial charge in [0.05, 0.1) is 36.5 Å². The zero-order chi connectivity index (χ0) is 20.5. The third-order valence-electron chi connectivity index (χ3n) is 5.10. The summed E-state index contributed by atoms with van der Waals surface area (Å²) in [5.74, 6) is -0.108. The zero-order valence-corrected chi connectivity index (χ0v) is 16.3. The molecule has 0 spiro atoms. The number of carbonyl (C=O) groups is 2. The molecule has 1 atom stereocenters. The Bertz CT molecular complexity index is 1040. The van der Waals surface area contributed by atoms with Gasteiger partial charge in [-0.1, -0.05) is 6.07 Å². The molecule has 1 aliphatic rings. The van der Waals surface area contributed by atoms with Crippen molar-refractivity contribution in [1.82, 2.24) is 19.3 Å². The van der Waals surface area contributed by atoms with Crippen molar-refractivity contribution in [1.29, 1.82) is 0 Å². The summed E-state index contributed by atoms with van der Waals surface area (Å²) in [5, 5.41) is 14.1. The normalized spacial score (nSPS) is 16.0. The molecule has 0 unspecified atom stereocenters. The van der Waals surface area contributed by atoms with Gasteiger partial charge in [0.1, 0.15) is 0 Å². The van der Waals surface area contributed by atoms with E-state index in [0.29, 0.717) is 17.9 Å². The van der Waals surface area contributed by atoms with Crippen LogP contribution in [0.5, 0.6) is 0 Å². The smallest absolute Gasteiger partial charge is 0.411 e. The molecule has 3 heterocycles. The number of nitrogens with zero attached hydrogens (tertiary/aromatic N) is 6. The second kappa shape index (κ2) is 7.42. The Balaban J connectivity index is 1.64. The van der Waals surface area contributed by atoms with E-state index in [9.17, 15) is 14.7 Å². The molecule has 9 nitrogen and oxygen atoms in total. The fourth-order valence-corrected chi connectivity index (χ4v) is 3.74. The molecule has 1 aliphatic heterocycles. The van der Waals surface area contributed by atoms with Crippen LogP contribution in [0.15, 0.2) is 49.3 Å². The second-order valence-corrected chi connectivity index (χ2v) is 7.13. The SMILES string of the molecule is CC(=O)N1c2ccc(-c3cnn(CCn4ccnc4)c3)cc2N(C(=O)O)C[C@@H]1C. The Morgan fingerprint density at radius 2 is 2.03 bits per heavy atom. The minimum Gasteiger partial charge on any atom is -0.465 e. The first-order chi connectivity index (χ1) is 13.9. The van der Waals surface area contributed by atoms with E-state index in [0.717, 1.165) is 17.7 Å². The molecule has 150 valence electrons. The van der Waals surface area contributed by atoms with Crippen LogP contribution in [0.25, 0.3) is 11.1 Å². The average Bonchev–Trinajstić information content (AvgIpc) is 3.36. The van der Waals surface area contributed by atoms with Crippen LogP contribution in [0, 0.1) is 0 Å². The van der Waals surface area contributed by atoms with Crippen LogP contribution in [0.1, 0.15) is 13.8 Å². The first-order valence-electron chi connectivity index (χ1n) is 9.37. The number of hydrogen-bond donors (Lipinski definition) is 1. The van der Waals surface area contributed by atoms with Crippen LogP contribution in [0.3, 0.4) is 0 Å². The van der Waals surface area contributed by atoms with Gasteiger partial charge in [-0.25, -0.2) is 9.78 Å². The highest BCUT2D eigenvalue weighted by Gasteiger charge is 2.33. The van der Waals surface area contributed by atoms with Crippen molar-refractivity contribution >= 4 is 23.4 Å². The van der Waals surface area contributed by atoms with Crippen molar-refractivity contribution < 1.29 is 14.7 Å². The summed E-state index contributed by atoms with van der Waals surface area (Å²) >= 11 is 0. The third-order valence-corrected chi connectivity index (χ3v) is 5.10. The summed E-state index contributed by atoms with van der Waals surface area (Å²) in [5.41, 5.74) is 2.85. The summed E-state index contributed by atoms with van der Waals surface area (Å²) in [7, 11) is 0. The molecule has 0 saturated carbocycles. The summed E-state index contributed by atoms with van der Waals surface area (Å²) in [6.07, 6.45) is 8.05. The molecule has 0 saturated heterocycles. The van der Waals surface area contributed by atoms with Crippen LogP contribution in [0.4, 0.5) is 16.2 Å². The van der Waals surface area contributed by atoms with Gasteiger partial charge >= 0.3 is 6.09 Å². The number of carboxylic acid groups (broad SMARTS) is 1. The maximum Gasteiger partial charge on any atom is 0.411 e. The molecular formula is C20H22N6O3. The number of carbonyl (C=O) groups excluding carboxylic acids is 1. The zero-order valence-electron chi connectivity index (χ0n) is 16.3. The van der Waals surface area contributed by atoms with Crippen molar-refractivity contribution in [3.05, 3.63) is 49.3 Å². The highest BCUT2D eigenvalue weighted by Crippen LogP contribution is 2.38. The molecule has 9 heteroatoms. The number of amides is 2. The van der Waals surface area contributed by atoms with Crippen LogP contribution in [-0.2, 0) is 17.9 Å². The fourth-order valence-electron chi connectivity index (χ4n) is 3.74. The summed E-state index contributed by atoms with van der Waals surface area (Å²) in [6, 6.07) is 5.28. The number of benzene rings is 1. The van der Waals surface area contributed by atoms with Crippen LogP contribution >= 0.6 is 0 Å². The van der Waals surface area contributed by atoms with Gasteiger partial charge in [0.15, 0.2) is 0 Å². The molecule has 0 bridgehead atoms. The molecule has 4 rings (SSSR count). The minimum absolute atomic E-state index is 0.108. The molecule has 0 fully saturated rings. The van der Waals surface area contributed by atoms with Gasteiger partial charge in [-0.05, 0) is 24.6 Å². The van der Waals surface area contributed by atoms with Gasteiger partial charge in [0.2, 0.25) is 5.91 Å². The Hall–Kier alpha value is -3.62. The lowest BCUT2D eigenvalue weighted by Gasteiger charge is -2.39. The van der Waals surface area contributed by atoms with Gasteiger partial charge in [0.25, 0.3) is 0 Å². The van der Waals surface area contributed by atoms with E-state index in [1.807, 2.05) is 40.7 Å². The van der Waals surface area contributed by atoms with Gasteiger partial charge in [0, 0.05) is 44.2 Å². The monoisotopic (exact) mass is 394 g/mol. The van der Waals surface area contributed by atoms with Gasteiger partial charge in [-0.3, -0.25) is 14.4 Å². The third kappa shape index (κ3) is 3.58. The molecule has 3 aromatic rings. The molecule has 0 aliphatic carbocycles. The average molecular weight is 394 g/mol. The second-order valence-electron chi connectivity index (χ2n) is 7.13. The number of fused-ring (bicyclic) bond motifs is 1. The molecule has 1 aromatic carbocycles. The standard InChI is InChI=1S/C20H22N6O3/c1-14-11-25(20(28)29)19-9-16(3-4-18(19)26(14)15(2)27)17-10-22-24(12-17)8-7-23-6-5-21-13-23/h3-6,9-10,12-14H,7-8,11H2,1-2H3,(H,28,29)/t14-/m0/s1. The van der Waals surface area contributed by atoms with E-state index in [1.165, 1.54) is 11.8 Å². The Labute approximate surface area is 167 Å². The number of aromatic nitrogens is 4. The molecule has 0 radical (unpaired) electrons. The number of anilines is 2. The number of rotatable bonds is 4. The van der Waals surface area contributed by atoms with Crippen molar-refractivity contribution in [3.8, 4) is 11.1 Å². The first-order valence-corrected chi connectivity index (χ1v) is 9.37. The van der Waals surface area contributed by atoms with Crippen molar-refractivity contribution in [2.75, 3.05) is 16.3 Å². The topological polar surface area (TPSA) is 96.5 Å². The molecular weight excluding hydrogens is 372 g/mol. The quantitative estimate of drug-likeness (QED) is 0.734. The molecule has 29 heavy (non-hydrogen) atoms. The first kappa shape index (κ1) is 18.7. The van der Waals surface area contributed by atoms with Crippen LogP contribution in [-0.4, -0.2) is 49.0 Å². The predicted molar refractivity (Wildman–Crippen MR) is 108 cm³/mol. The van der Waals surface area contributed by atoms with Crippen molar-refractivity contribution in [2.45, 2.75) is 33.0 Å². The minimum atomic E-state index is -1.03. The Morgan fingerprint density at radius 1 is 1.21 bits per heavy atom. The largest absolute Gasteiger partial charge is 0.465 e. The molecule has 2 amide bonds. The number of aryl methyl sites for hydroxylation is 2. The summed E-state index contributed by atoms with van der Waals surface area (Å²) in [4.78, 5) is 30.9. The maximum atomic E-state index is 12.1. The fraction of sp³-hybridized carbons (Fsp3) is 0.300. The van der Waals surface area contributed by atoms with Crippen molar-refractivity contribution in [2.24, 2.45) is 0 Å². The highest BCUT2D eigenvalue weighted by atomic mass is 16.4. The number of imidazole rings is 1. The molecule has 2 aromatic heterocycles. The summed E-state index contributed by atoms with van der Waals surface area (Å²) < 4.78 is 3.82. The Kier molecular flexibility index (Phi) is 4.79. The lowest BCUT2D eigenvalue weighted by atomic mass is 10.0. The van der Waals surface area contributed by atoms with E-state index in [2.05, 4.69) is 10.1 Å². The van der Waals surface area contributed by atoms with E-state index >= 15 is 0 Å². The predicted octanol–water partition coefficient (Wildman–Crippen LogP) is 2.69. The van der Waals surface area contributed by atoms with E-state index < -0.39 is 6.09 Å². The maximum absolute atomic E-state index is 12.1. The van der Waals surface area contributed by atoms with Gasteiger partial charge < -0.3 is 14.6 Å². The lowest BCUT2D eigenvalue weighted by Crippen LogP contribution is -2.51. The van der Waals surface area contributed by atoms with Gasteiger partial charge in [-0.15, -0.1) is 0 Å². The Morgan fingerprint density at radius 3 is 2.72 bits per heavy atom. The van der Waals surface area contributed by atoms with E-state index in [-0.39, 0.29) is 18.5 Å². The van der Waals surface area contributed by atoms with Crippen molar-refractivity contribution in [3.63, 3.8) is 0 Å². The van der Waals surface area contributed by atoms with Crippen LogP contribution < -0.4 is 9.80 Å². The van der Waals surface area contributed by atoms with E-state index in [4.69, 9.17) is 0 Å². The lowest BCUT2D eigenvalue weighted by molar-refractivity contribution is -0.117. The molecule has 1 N–H and O–H groups in total.